The molecule has 0 bridgehead atoms. The van der Waals surface area contributed by atoms with E-state index in [1.807, 2.05) is 0 Å². The Morgan fingerprint density at radius 1 is 1.39 bits per heavy atom. The van der Waals surface area contributed by atoms with Crippen molar-refractivity contribution in [2.75, 3.05) is 38.2 Å². The summed E-state index contributed by atoms with van der Waals surface area (Å²) < 4.78 is 11.2. The maximum absolute atomic E-state index is 11.2. The van der Waals surface area contributed by atoms with Crippen LogP contribution >= 0.6 is 0 Å². The quantitative estimate of drug-likeness (QED) is 0.894. The lowest BCUT2D eigenvalue weighted by atomic mass is 10.1. The average Bonchev–Trinajstić information content (AvgIpc) is 2.63. The van der Waals surface area contributed by atoms with Crippen LogP contribution in [-0.2, 0) is 10.8 Å². The first-order valence-electron chi connectivity index (χ1n) is 6.56. The van der Waals surface area contributed by atoms with Crippen molar-refractivity contribution in [3.8, 4) is 0 Å². The van der Waals surface area contributed by atoms with Crippen LogP contribution in [0, 0.1) is 0 Å². The minimum Gasteiger partial charge on any atom is -0.309 e. The van der Waals surface area contributed by atoms with Gasteiger partial charge in [0.1, 0.15) is 0 Å². The lowest BCUT2D eigenvalue weighted by Crippen LogP contribution is -2.33. The summed E-state index contributed by atoms with van der Waals surface area (Å²) in [5, 5.41) is 3.60. The van der Waals surface area contributed by atoms with Crippen molar-refractivity contribution in [1.82, 2.24) is 10.2 Å². The van der Waals surface area contributed by atoms with Gasteiger partial charge < -0.3 is 10.2 Å². The summed E-state index contributed by atoms with van der Waals surface area (Å²) in [6.07, 6.45) is 2.95. The molecule has 0 amide bonds. The van der Waals surface area contributed by atoms with Crippen LogP contribution in [0.1, 0.15) is 18.0 Å². The molecule has 4 heteroatoms. The first-order valence-corrected chi connectivity index (χ1v) is 8.29. The van der Waals surface area contributed by atoms with E-state index >= 15 is 0 Å². The highest BCUT2D eigenvalue weighted by Gasteiger charge is 2.18. The molecule has 1 aliphatic rings. The van der Waals surface area contributed by atoms with Gasteiger partial charge in [-0.25, -0.2) is 0 Å². The molecule has 18 heavy (non-hydrogen) atoms. The molecule has 1 N–H and O–H groups in total. The molecule has 1 aromatic carbocycles. The van der Waals surface area contributed by atoms with Crippen LogP contribution in [0.25, 0.3) is 0 Å². The first-order chi connectivity index (χ1) is 8.75. The first kappa shape index (κ1) is 13.7. The van der Waals surface area contributed by atoms with E-state index < -0.39 is 10.8 Å². The van der Waals surface area contributed by atoms with Crippen LogP contribution in [0.5, 0.6) is 0 Å². The van der Waals surface area contributed by atoms with Crippen LogP contribution in [-0.4, -0.2) is 47.3 Å². The van der Waals surface area contributed by atoms with Gasteiger partial charge in [-0.1, -0.05) is 30.3 Å². The molecule has 0 aliphatic carbocycles. The highest BCUT2D eigenvalue weighted by Crippen LogP contribution is 2.16. The standard InChI is InChI=1S/C14H22N2OS/c1-18(17)11-10-16-9-5-8-15-14(12-16)13-6-3-2-4-7-13/h2-4,6-7,14-15H,5,8-12H2,1H3. The third-order valence-electron chi connectivity index (χ3n) is 3.38. The third-order valence-corrected chi connectivity index (χ3v) is 4.14. The number of benzene rings is 1. The van der Waals surface area contributed by atoms with Crippen LogP contribution in [0.4, 0.5) is 0 Å². The zero-order valence-electron chi connectivity index (χ0n) is 11.0. The van der Waals surface area contributed by atoms with E-state index in [0.29, 0.717) is 6.04 Å². The van der Waals surface area contributed by atoms with Crippen molar-refractivity contribution >= 4 is 10.8 Å². The molecule has 1 aromatic rings. The molecule has 1 heterocycles. The van der Waals surface area contributed by atoms with Gasteiger partial charge in [0.25, 0.3) is 0 Å². The fourth-order valence-electron chi connectivity index (χ4n) is 2.36. The second kappa shape index (κ2) is 7.02. The van der Waals surface area contributed by atoms with Crippen molar-refractivity contribution in [3.63, 3.8) is 0 Å². The van der Waals surface area contributed by atoms with Gasteiger partial charge in [-0.15, -0.1) is 0 Å². The van der Waals surface area contributed by atoms with Gasteiger partial charge in [0.15, 0.2) is 0 Å². The van der Waals surface area contributed by atoms with Crippen molar-refractivity contribution in [2.45, 2.75) is 12.5 Å². The van der Waals surface area contributed by atoms with E-state index in [0.717, 1.165) is 31.9 Å². The van der Waals surface area contributed by atoms with Gasteiger partial charge in [0.2, 0.25) is 0 Å². The van der Waals surface area contributed by atoms with Crippen LogP contribution in [0.2, 0.25) is 0 Å². The Balaban J connectivity index is 1.97. The van der Waals surface area contributed by atoms with Gasteiger partial charge in [0.05, 0.1) is 0 Å². The van der Waals surface area contributed by atoms with E-state index in [4.69, 9.17) is 0 Å². The second-order valence-electron chi connectivity index (χ2n) is 4.85. The van der Waals surface area contributed by atoms with Gasteiger partial charge in [-0.2, -0.15) is 0 Å². The second-order valence-corrected chi connectivity index (χ2v) is 6.40. The Kier molecular flexibility index (Phi) is 5.35. The lowest BCUT2D eigenvalue weighted by Gasteiger charge is -2.24. The van der Waals surface area contributed by atoms with Crippen molar-refractivity contribution in [3.05, 3.63) is 35.9 Å². The summed E-state index contributed by atoms with van der Waals surface area (Å²) in [6, 6.07) is 11.0. The molecule has 1 saturated heterocycles. The summed E-state index contributed by atoms with van der Waals surface area (Å²) >= 11 is 0. The molecule has 100 valence electrons. The predicted molar refractivity (Wildman–Crippen MR) is 77.2 cm³/mol. The SMILES string of the molecule is CS(=O)CCN1CCCNC(c2ccccc2)C1. The maximum atomic E-state index is 11.2. The summed E-state index contributed by atoms with van der Waals surface area (Å²) in [7, 11) is -0.691. The summed E-state index contributed by atoms with van der Waals surface area (Å²) in [5.74, 6) is 0.779. The maximum Gasteiger partial charge on any atom is 0.0449 e. The Labute approximate surface area is 112 Å². The third kappa shape index (κ3) is 4.19. The van der Waals surface area contributed by atoms with Gasteiger partial charge in [-0.05, 0) is 25.1 Å². The Hall–Kier alpha value is -0.710. The average molecular weight is 266 g/mol. The number of hydrogen-bond donors (Lipinski definition) is 1. The van der Waals surface area contributed by atoms with E-state index in [2.05, 4.69) is 40.5 Å². The van der Waals surface area contributed by atoms with E-state index in [1.54, 1.807) is 6.26 Å². The van der Waals surface area contributed by atoms with Crippen molar-refractivity contribution < 1.29 is 4.21 Å². The molecule has 2 rings (SSSR count). The number of nitrogens with one attached hydrogen (secondary N) is 1. The molecule has 0 spiro atoms. The summed E-state index contributed by atoms with van der Waals surface area (Å²) in [5.41, 5.74) is 1.35. The van der Waals surface area contributed by atoms with E-state index in [-0.39, 0.29) is 0 Å². The predicted octanol–water partition coefficient (Wildman–Crippen LogP) is 1.40. The normalized spacial score (nSPS) is 23.5. The van der Waals surface area contributed by atoms with Crippen molar-refractivity contribution in [1.29, 1.82) is 0 Å². The molecule has 0 aromatic heterocycles. The molecular weight excluding hydrogens is 244 g/mol. The number of rotatable bonds is 4. The number of hydrogen-bond acceptors (Lipinski definition) is 3. The van der Waals surface area contributed by atoms with Gasteiger partial charge >= 0.3 is 0 Å². The Morgan fingerprint density at radius 2 is 2.17 bits per heavy atom. The smallest absolute Gasteiger partial charge is 0.0449 e. The van der Waals surface area contributed by atoms with Crippen LogP contribution in [0.3, 0.4) is 0 Å². The monoisotopic (exact) mass is 266 g/mol. The molecule has 0 radical (unpaired) electrons. The van der Waals surface area contributed by atoms with Gasteiger partial charge in [0, 0.05) is 41.9 Å². The summed E-state index contributed by atoms with van der Waals surface area (Å²) in [6.45, 7) is 4.12. The highest BCUT2D eigenvalue weighted by molar-refractivity contribution is 7.84. The topological polar surface area (TPSA) is 32.3 Å². The fraction of sp³-hybridized carbons (Fsp3) is 0.571. The van der Waals surface area contributed by atoms with Gasteiger partial charge in [-0.3, -0.25) is 4.21 Å². The molecule has 0 saturated carbocycles. The largest absolute Gasteiger partial charge is 0.309 e. The van der Waals surface area contributed by atoms with Crippen molar-refractivity contribution in [2.24, 2.45) is 0 Å². The summed E-state index contributed by atoms with van der Waals surface area (Å²) in [4.78, 5) is 2.43. The minimum atomic E-state index is -0.691. The fourth-order valence-corrected chi connectivity index (χ4v) is 2.88. The molecule has 2 unspecified atom stereocenters. The van der Waals surface area contributed by atoms with Crippen LogP contribution < -0.4 is 5.32 Å². The Morgan fingerprint density at radius 3 is 2.89 bits per heavy atom. The molecule has 2 atom stereocenters. The Bertz CT molecular complexity index is 383. The van der Waals surface area contributed by atoms with Crippen LogP contribution in [0.15, 0.2) is 30.3 Å². The molecule has 1 fully saturated rings. The zero-order valence-corrected chi connectivity index (χ0v) is 11.8. The van der Waals surface area contributed by atoms with E-state index in [9.17, 15) is 4.21 Å². The van der Waals surface area contributed by atoms with E-state index in [1.165, 1.54) is 12.0 Å². The minimum absolute atomic E-state index is 0.402. The molecule has 1 aliphatic heterocycles. The zero-order chi connectivity index (χ0) is 12.8. The number of nitrogens with zero attached hydrogens (tertiary/aromatic N) is 1. The lowest BCUT2D eigenvalue weighted by molar-refractivity contribution is 0.284. The highest BCUT2D eigenvalue weighted by atomic mass is 32.2. The molecule has 3 nitrogen and oxygen atoms in total. The molecular formula is C14H22N2OS.